The molecule has 5 rings (SSSR count). The van der Waals surface area contributed by atoms with Crippen molar-refractivity contribution in [3.63, 3.8) is 0 Å². The Morgan fingerprint density at radius 2 is 1.42 bits per heavy atom. The van der Waals surface area contributed by atoms with Gasteiger partial charge in [0, 0.05) is 46.5 Å². The van der Waals surface area contributed by atoms with Gasteiger partial charge in [-0.05, 0) is 54.1 Å². The summed E-state index contributed by atoms with van der Waals surface area (Å²) in [6.45, 7) is 0.442. The smallest absolute Gasteiger partial charge is 0.323 e. The number of carbonyl (C=O) groups is 1. The minimum absolute atomic E-state index is 0.0136. The van der Waals surface area contributed by atoms with Gasteiger partial charge in [0.05, 0.1) is 21.6 Å². The number of amides is 2. The van der Waals surface area contributed by atoms with Crippen molar-refractivity contribution < 1.29 is 9.72 Å². The molecule has 0 fully saturated rings. The zero-order chi connectivity index (χ0) is 25.1. The predicted molar refractivity (Wildman–Crippen MR) is 143 cm³/mol. The fourth-order valence-electron chi connectivity index (χ4n) is 3.93. The Hall–Kier alpha value is -5.02. The molecule has 9 nitrogen and oxygen atoms in total. The molecular weight excluding hydrogens is 456 g/mol. The van der Waals surface area contributed by atoms with Crippen LogP contribution in [-0.2, 0) is 6.54 Å². The average Bonchev–Trinajstić information content (AvgIpc) is 2.89. The number of carbonyl (C=O) groups excluding carboxylic acids is 1. The first-order valence-corrected chi connectivity index (χ1v) is 11.2. The van der Waals surface area contributed by atoms with Crippen LogP contribution in [0.2, 0.25) is 0 Å². The van der Waals surface area contributed by atoms with E-state index in [1.807, 2.05) is 48.5 Å². The van der Waals surface area contributed by atoms with Gasteiger partial charge in [0.25, 0.3) is 5.69 Å². The lowest BCUT2D eigenvalue weighted by atomic mass is 10.1. The van der Waals surface area contributed by atoms with Crippen LogP contribution in [0.15, 0.2) is 91.0 Å². The quantitative estimate of drug-likeness (QED) is 0.131. The number of hydrogen-bond donors (Lipinski definition) is 4. The predicted octanol–water partition coefficient (Wildman–Crippen LogP) is 6.14. The first-order chi connectivity index (χ1) is 17.5. The number of benzene rings is 4. The first kappa shape index (κ1) is 22.8. The van der Waals surface area contributed by atoms with Gasteiger partial charge in [-0.25, -0.2) is 9.78 Å². The fourth-order valence-corrected chi connectivity index (χ4v) is 3.93. The third-order valence-corrected chi connectivity index (χ3v) is 5.74. The normalized spacial score (nSPS) is 10.8. The monoisotopic (exact) mass is 478 g/mol. The molecule has 5 aromatic rings. The van der Waals surface area contributed by atoms with Gasteiger partial charge in [-0.1, -0.05) is 30.3 Å². The number of nitro benzene ring substituents is 1. The summed E-state index contributed by atoms with van der Waals surface area (Å²) in [6, 6.07) is 26.5. The van der Waals surface area contributed by atoms with E-state index in [1.54, 1.807) is 30.3 Å². The summed E-state index contributed by atoms with van der Waals surface area (Å²) in [5, 5.41) is 21.9. The molecule has 0 aliphatic carbocycles. The zero-order valence-electron chi connectivity index (χ0n) is 19.1. The molecule has 0 bridgehead atoms. The topological polar surface area (TPSA) is 135 Å². The van der Waals surface area contributed by atoms with Crippen molar-refractivity contribution >= 4 is 56.3 Å². The molecule has 0 atom stereocenters. The third-order valence-electron chi connectivity index (χ3n) is 5.74. The van der Waals surface area contributed by atoms with Crippen molar-refractivity contribution in [3.05, 3.63) is 107 Å². The van der Waals surface area contributed by atoms with Crippen LogP contribution in [0, 0.1) is 10.1 Å². The molecule has 1 heterocycles. The number of rotatable bonds is 6. The van der Waals surface area contributed by atoms with E-state index in [0.29, 0.717) is 23.4 Å². The Morgan fingerprint density at radius 1 is 0.806 bits per heavy atom. The number of aromatic nitrogens is 1. The third kappa shape index (κ3) is 4.77. The van der Waals surface area contributed by atoms with Crippen LogP contribution in [0.4, 0.5) is 33.2 Å². The zero-order valence-corrected chi connectivity index (χ0v) is 19.1. The lowest BCUT2D eigenvalue weighted by Crippen LogP contribution is -2.19. The standard InChI is InChI=1S/C27H22N6O3/c28-16-17-5-7-19(8-6-17)30-27(34)31-20-11-9-18(10-12-20)29-26-22-3-1-2-4-24(22)32-25-15-21(33(35)36)13-14-23(25)26/h1-15H,16,28H2,(H,29,32)(H2,30,31,34). The minimum atomic E-state index is -0.430. The highest BCUT2D eigenvalue weighted by molar-refractivity contribution is 6.09. The number of pyridine rings is 1. The van der Waals surface area contributed by atoms with Crippen molar-refractivity contribution in [2.45, 2.75) is 6.54 Å². The Morgan fingerprint density at radius 3 is 2.08 bits per heavy atom. The van der Waals surface area contributed by atoms with Gasteiger partial charge in [-0.3, -0.25) is 10.1 Å². The summed E-state index contributed by atoms with van der Waals surface area (Å²) in [5.41, 5.74) is 10.7. The van der Waals surface area contributed by atoms with Gasteiger partial charge in [0.1, 0.15) is 0 Å². The summed E-state index contributed by atoms with van der Waals surface area (Å²) in [7, 11) is 0. The highest BCUT2D eigenvalue weighted by atomic mass is 16.6. The molecule has 2 amide bonds. The van der Waals surface area contributed by atoms with Crippen molar-refractivity contribution in [2.24, 2.45) is 5.73 Å². The van der Waals surface area contributed by atoms with Crippen LogP contribution in [0.25, 0.3) is 21.8 Å². The maximum atomic E-state index is 12.4. The Balaban J connectivity index is 1.37. The number of fused-ring (bicyclic) bond motifs is 2. The van der Waals surface area contributed by atoms with Crippen LogP contribution in [0.1, 0.15) is 5.56 Å². The number of nitrogens with zero attached hydrogens (tertiary/aromatic N) is 2. The highest BCUT2D eigenvalue weighted by Crippen LogP contribution is 2.34. The highest BCUT2D eigenvalue weighted by Gasteiger charge is 2.13. The van der Waals surface area contributed by atoms with E-state index in [1.165, 1.54) is 12.1 Å². The van der Waals surface area contributed by atoms with Crippen molar-refractivity contribution in [2.75, 3.05) is 16.0 Å². The molecule has 0 aliphatic rings. The van der Waals surface area contributed by atoms with Crippen LogP contribution in [0.3, 0.4) is 0 Å². The second-order valence-electron chi connectivity index (χ2n) is 8.15. The maximum Gasteiger partial charge on any atom is 0.323 e. The van der Waals surface area contributed by atoms with E-state index in [4.69, 9.17) is 5.73 Å². The minimum Gasteiger partial charge on any atom is -0.354 e. The van der Waals surface area contributed by atoms with Crippen molar-refractivity contribution in [1.82, 2.24) is 4.98 Å². The Bertz CT molecular complexity index is 1580. The molecular formula is C27H22N6O3. The summed E-state index contributed by atoms with van der Waals surface area (Å²) in [4.78, 5) is 27.8. The van der Waals surface area contributed by atoms with Gasteiger partial charge in [0.15, 0.2) is 0 Å². The van der Waals surface area contributed by atoms with E-state index in [0.717, 1.165) is 33.2 Å². The lowest BCUT2D eigenvalue weighted by molar-refractivity contribution is -0.384. The number of non-ortho nitro benzene ring substituents is 1. The second-order valence-corrected chi connectivity index (χ2v) is 8.15. The average molecular weight is 479 g/mol. The summed E-state index contributed by atoms with van der Waals surface area (Å²) < 4.78 is 0. The second kappa shape index (κ2) is 9.69. The molecule has 178 valence electrons. The van der Waals surface area contributed by atoms with E-state index in [2.05, 4.69) is 20.9 Å². The molecule has 0 aliphatic heterocycles. The van der Waals surface area contributed by atoms with E-state index >= 15 is 0 Å². The van der Waals surface area contributed by atoms with Gasteiger partial charge < -0.3 is 21.7 Å². The number of nitrogens with two attached hydrogens (primary N) is 1. The van der Waals surface area contributed by atoms with Crippen molar-refractivity contribution in [1.29, 1.82) is 0 Å². The first-order valence-electron chi connectivity index (χ1n) is 11.2. The molecule has 0 unspecified atom stereocenters. The molecule has 0 radical (unpaired) electrons. The fraction of sp³-hybridized carbons (Fsp3) is 0.0370. The molecule has 4 aromatic carbocycles. The molecule has 5 N–H and O–H groups in total. The number of hydrogen-bond acceptors (Lipinski definition) is 6. The van der Waals surface area contributed by atoms with Gasteiger partial charge in [0.2, 0.25) is 0 Å². The summed E-state index contributed by atoms with van der Waals surface area (Å²) >= 11 is 0. The Labute approximate surface area is 206 Å². The maximum absolute atomic E-state index is 12.4. The van der Waals surface area contributed by atoms with E-state index < -0.39 is 4.92 Å². The van der Waals surface area contributed by atoms with Crippen molar-refractivity contribution in [3.8, 4) is 0 Å². The molecule has 36 heavy (non-hydrogen) atoms. The summed E-state index contributed by atoms with van der Waals surface area (Å²) in [5.74, 6) is 0. The van der Waals surface area contributed by atoms with Crippen LogP contribution >= 0.6 is 0 Å². The number of nitrogens with one attached hydrogen (secondary N) is 3. The van der Waals surface area contributed by atoms with Crippen LogP contribution < -0.4 is 21.7 Å². The number of nitro groups is 1. The SMILES string of the molecule is NCc1ccc(NC(=O)Nc2ccc(Nc3c4ccccc4nc4cc([N+](=O)[O-])ccc34)cc2)cc1. The van der Waals surface area contributed by atoms with Gasteiger partial charge >= 0.3 is 6.03 Å². The largest absolute Gasteiger partial charge is 0.354 e. The van der Waals surface area contributed by atoms with E-state index in [-0.39, 0.29) is 11.7 Å². The van der Waals surface area contributed by atoms with Crippen LogP contribution in [-0.4, -0.2) is 15.9 Å². The van der Waals surface area contributed by atoms with Crippen LogP contribution in [0.5, 0.6) is 0 Å². The molecule has 0 saturated carbocycles. The number of para-hydroxylation sites is 1. The molecule has 9 heteroatoms. The Kier molecular flexibility index (Phi) is 6.12. The molecule has 1 aromatic heterocycles. The summed E-state index contributed by atoms with van der Waals surface area (Å²) in [6.07, 6.45) is 0. The van der Waals surface area contributed by atoms with E-state index in [9.17, 15) is 14.9 Å². The molecule has 0 saturated heterocycles. The number of urea groups is 1. The molecule has 0 spiro atoms. The van der Waals surface area contributed by atoms with Gasteiger partial charge in [-0.2, -0.15) is 0 Å². The number of anilines is 4. The van der Waals surface area contributed by atoms with Gasteiger partial charge in [-0.15, -0.1) is 0 Å². The lowest BCUT2D eigenvalue weighted by Gasteiger charge is -2.14.